The lowest BCUT2D eigenvalue weighted by Crippen LogP contribution is -2.45. The first-order valence-electron chi connectivity index (χ1n) is 18.8. The van der Waals surface area contributed by atoms with E-state index in [0.29, 0.717) is 6.42 Å². The summed E-state index contributed by atoms with van der Waals surface area (Å²) < 4.78 is 22.0. The van der Waals surface area contributed by atoms with Gasteiger partial charge in [-0.25, -0.2) is 4.57 Å². The van der Waals surface area contributed by atoms with E-state index in [2.05, 4.69) is 19.2 Å². The molecule has 1 amide bonds. The average molecular weight is 661 g/mol. The summed E-state index contributed by atoms with van der Waals surface area (Å²) in [7, 11) is -4.32. The molecule has 0 aliphatic heterocycles. The Morgan fingerprint density at radius 1 is 0.711 bits per heavy atom. The van der Waals surface area contributed by atoms with Crippen LogP contribution in [0.25, 0.3) is 0 Å². The molecular formula is C36H73N2O6P. The summed E-state index contributed by atoms with van der Waals surface area (Å²) in [4.78, 5) is 22.6. The zero-order valence-corrected chi connectivity index (χ0v) is 30.3. The molecule has 0 radical (unpaired) electrons. The Morgan fingerprint density at radius 2 is 1.13 bits per heavy atom. The largest absolute Gasteiger partial charge is 0.472 e. The van der Waals surface area contributed by atoms with Crippen LogP contribution in [0.5, 0.6) is 0 Å². The number of carbonyl (C=O) groups is 1. The number of allylic oxidation sites excluding steroid dienone is 1. The SMILES string of the molecule is CCCCCCCCCCCCCC=CC(O)C(COP(=O)(O)OCCN)NC(=O)CCCCCCCCCCCCCCC. The van der Waals surface area contributed by atoms with Crippen molar-refractivity contribution in [3.05, 3.63) is 12.2 Å². The van der Waals surface area contributed by atoms with Gasteiger partial charge in [0.05, 0.1) is 25.4 Å². The second-order valence-electron chi connectivity index (χ2n) is 12.8. The second kappa shape index (κ2) is 33.2. The Labute approximate surface area is 277 Å². The minimum absolute atomic E-state index is 0.0810. The first-order chi connectivity index (χ1) is 21.9. The van der Waals surface area contributed by atoms with Gasteiger partial charge >= 0.3 is 7.82 Å². The Hall–Kier alpha value is -0.760. The number of rotatable bonds is 35. The van der Waals surface area contributed by atoms with Crippen LogP contribution in [0.1, 0.15) is 181 Å². The molecule has 0 aromatic heterocycles. The van der Waals surface area contributed by atoms with Crippen LogP contribution in [0.4, 0.5) is 0 Å². The van der Waals surface area contributed by atoms with Gasteiger partial charge in [-0.3, -0.25) is 13.8 Å². The molecular weight excluding hydrogens is 587 g/mol. The molecule has 268 valence electrons. The van der Waals surface area contributed by atoms with E-state index in [0.717, 1.165) is 38.5 Å². The van der Waals surface area contributed by atoms with Crippen molar-refractivity contribution in [2.24, 2.45) is 5.73 Å². The number of aliphatic hydroxyl groups is 1. The fraction of sp³-hybridized carbons (Fsp3) is 0.917. The molecule has 9 heteroatoms. The minimum atomic E-state index is -4.32. The second-order valence-corrected chi connectivity index (χ2v) is 14.2. The Morgan fingerprint density at radius 3 is 1.58 bits per heavy atom. The molecule has 0 rings (SSSR count). The van der Waals surface area contributed by atoms with Crippen LogP contribution >= 0.6 is 7.82 Å². The number of carbonyl (C=O) groups excluding carboxylic acids is 1. The Balaban J connectivity index is 4.31. The van der Waals surface area contributed by atoms with Crippen LogP contribution in [-0.2, 0) is 18.4 Å². The number of hydrogen-bond donors (Lipinski definition) is 4. The van der Waals surface area contributed by atoms with Crippen LogP contribution in [0.3, 0.4) is 0 Å². The van der Waals surface area contributed by atoms with E-state index in [1.165, 1.54) is 122 Å². The minimum Gasteiger partial charge on any atom is -0.387 e. The Bertz CT molecular complexity index is 724. The number of phosphoric ester groups is 1. The lowest BCUT2D eigenvalue weighted by molar-refractivity contribution is -0.123. The molecule has 0 aliphatic carbocycles. The molecule has 8 nitrogen and oxygen atoms in total. The highest BCUT2D eigenvalue weighted by molar-refractivity contribution is 7.47. The van der Waals surface area contributed by atoms with Gasteiger partial charge in [-0.05, 0) is 19.3 Å². The lowest BCUT2D eigenvalue weighted by Gasteiger charge is -2.23. The van der Waals surface area contributed by atoms with Crippen molar-refractivity contribution in [1.29, 1.82) is 0 Å². The van der Waals surface area contributed by atoms with Crippen molar-refractivity contribution >= 4 is 13.7 Å². The van der Waals surface area contributed by atoms with E-state index in [1.54, 1.807) is 6.08 Å². The predicted molar refractivity (Wildman–Crippen MR) is 189 cm³/mol. The molecule has 5 N–H and O–H groups in total. The van der Waals surface area contributed by atoms with Gasteiger partial charge in [0.25, 0.3) is 0 Å². The Kier molecular flexibility index (Phi) is 32.6. The van der Waals surface area contributed by atoms with Crippen molar-refractivity contribution < 1.29 is 28.4 Å². The molecule has 0 fully saturated rings. The molecule has 0 heterocycles. The van der Waals surface area contributed by atoms with Crippen LogP contribution in [0, 0.1) is 0 Å². The van der Waals surface area contributed by atoms with Gasteiger partial charge in [-0.15, -0.1) is 0 Å². The number of hydrogen-bond acceptors (Lipinski definition) is 6. The molecule has 0 aromatic carbocycles. The predicted octanol–water partition coefficient (Wildman–Crippen LogP) is 9.66. The number of nitrogens with one attached hydrogen (secondary N) is 1. The molecule has 0 bridgehead atoms. The van der Waals surface area contributed by atoms with Crippen LogP contribution in [-0.4, -0.2) is 47.8 Å². The monoisotopic (exact) mass is 661 g/mol. The van der Waals surface area contributed by atoms with E-state index in [4.69, 9.17) is 14.8 Å². The smallest absolute Gasteiger partial charge is 0.387 e. The first kappa shape index (κ1) is 44.2. The van der Waals surface area contributed by atoms with Crippen molar-refractivity contribution in [2.45, 2.75) is 193 Å². The summed E-state index contributed by atoms with van der Waals surface area (Å²) >= 11 is 0. The summed E-state index contributed by atoms with van der Waals surface area (Å²) in [5.41, 5.74) is 5.35. The molecule has 0 saturated carbocycles. The average Bonchev–Trinajstić information content (AvgIpc) is 3.02. The molecule has 0 aromatic rings. The van der Waals surface area contributed by atoms with Crippen molar-refractivity contribution in [3.8, 4) is 0 Å². The maximum absolute atomic E-state index is 12.7. The van der Waals surface area contributed by atoms with Gasteiger partial charge in [-0.1, -0.05) is 167 Å². The lowest BCUT2D eigenvalue weighted by atomic mass is 10.0. The highest BCUT2D eigenvalue weighted by atomic mass is 31.2. The summed E-state index contributed by atoms with van der Waals surface area (Å²) in [6.07, 6.45) is 33.9. The van der Waals surface area contributed by atoms with Crippen LogP contribution in [0.2, 0.25) is 0 Å². The number of unbranched alkanes of at least 4 members (excludes halogenated alkanes) is 23. The molecule has 3 unspecified atom stereocenters. The number of phosphoric acid groups is 1. The summed E-state index contributed by atoms with van der Waals surface area (Å²) in [6.45, 7) is 4.12. The first-order valence-corrected chi connectivity index (χ1v) is 20.3. The van der Waals surface area contributed by atoms with Gasteiger partial charge in [0.2, 0.25) is 5.91 Å². The highest BCUT2D eigenvalue weighted by Gasteiger charge is 2.26. The van der Waals surface area contributed by atoms with Gasteiger partial charge in [0.1, 0.15) is 0 Å². The van der Waals surface area contributed by atoms with Crippen molar-refractivity contribution in [1.82, 2.24) is 5.32 Å². The fourth-order valence-corrected chi connectivity index (χ4v) is 6.24. The normalized spacial score (nSPS) is 14.5. The number of nitrogens with two attached hydrogens (primary N) is 1. The maximum atomic E-state index is 12.7. The molecule has 0 saturated heterocycles. The van der Waals surface area contributed by atoms with Crippen LogP contribution < -0.4 is 11.1 Å². The third kappa shape index (κ3) is 31.6. The van der Waals surface area contributed by atoms with E-state index in [1.807, 2.05) is 6.08 Å². The summed E-state index contributed by atoms with van der Waals surface area (Å²) in [5.74, 6) is -0.194. The van der Waals surface area contributed by atoms with Crippen molar-refractivity contribution in [3.63, 3.8) is 0 Å². The third-order valence-corrected chi connectivity index (χ3v) is 9.35. The van der Waals surface area contributed by atoms with Gasteiger partial charge in [-0.2, -0.15) is 0 Å². The fourth-order valence-electron chi connectivity index (χ4n) is 5.48. The third-order valence-electron chi connectivity index (χ3n) is 8.36. The van der Waals surface area contributed by atoms with Crippen molar-refractivity contribution in [2.75, 3.05) is 19.8 Å². The zero-order chi connectivity index (χ0) is 33.3. The molecule has 0 spiro atoms. The molecule has 3 atom stereocenters. The standard InChI is InChI=1S/C36H73N2O6P/c1-3-5-7-9-11-13-15-17-19-21-23-25-27-29-35(39)34(33-44-45(41,42)43-32-31-37)38-36(40)30-28-26-24-22-20-18-16-14-12-10-8-6-4-2/h27,29,34-35,39H,3-26,28,30-33,37H2,1-2H3,(H,38,40)(H,41,42). The van der Waals surface area contributed by atoms with Gasteiger partial charge < -0.3 is 21.1 Å². The molecule has 0 aliphatic rings. The topological polar surface area (TPSA) is 131 Å². The zero-order valence-electron chi connectivity index (χ0n) is 29.4. The van der Waals surface area contributed by atoms with E-state index in [-0.39, 0.29) is 25.7 Å². The summed E-state index contributed by atoms with van der Waals surface area (Å²) in [5, 5.41) is 13.6. The van der Waals surface area contributed by atoms with Crippen LogP contribution in [0.15, 0.2) is 12.2 Å². The van der Waals surface area contributed by atoms with E-state index >= 15 is 0 Å². The highest BCUT2D eigenvalue weighted by Crippen LogP contribution is 2.43. The van der Waals surface area contributed by atoms with E-state index in [9.17, 15) is 19.4 Å². The number of amides is 1. The summed E-state index contributed by atoms with van der Waals surface area (Å²) in [6, 6.07) is -0.852. The molecule has 45 heavy (non-hydrogen) atoms. The quantitative estimate of drug-likeness (QED) is 0.0302. The van der Waals surface area contributed by atoms with E-state index < -0.39 is 20.0 Å². The van der Waals surface area contributed by atoms with Gasteiger partial charge in [0, 0.05) is 13.0 Å². The number of aliphatic hydroxyl groups excluding tert-OH is 1. The van der Waals surface area contributed by atoms with Gasteiger partial charge in [0.15, 0.2) is 0 Å². The maximum Gasteiger partial charge on any atom is 0.472 e.